The molecular formula is C17H21N3O3. The number of carbonyl (C=O) groups excluding carboxylic acids is 1. The van der Waals surface area contributed by atoms with Crippen LogP contribution in [0, 0.1) is 5.21 Å². The Hall–Kier alpha value is -2.60. The number of ether oxygens (including phenoxy) is 1. The molecule has 1 N–H and O–H groups in total. The standard InChI is InChI=1S/C17H21N3O3/c1-19(2)15(14-6-4-5-7-16(14)23-3)12-18-17(21)13-8-10-20(22)11-9-13/h4-11,15H,12H2,1-3H3,(H,18,21). The van der Waals surface area contributed by atoms with Gasteiger partial charge in [0, 0.05) is 24.2 Å². The van der Waals surface area contributed by atoms with Crippen molar-refractivity contribution in [3.8, 4) is 5.75 Å². The van der Waals surface area contributed by atoms with Crippen molar-refractivity contribution in [2.45, 2.75) is 6.04 Å². The number of likely N-dealkylation sites (N-methyl/N-ethyl adjacent to an activating group) is 1. The van der Waals surface area contributed by atoms with Gasteiger partial charge in [0.1, 0.15) is 5.75 Å². The highest BCUT2D eigenvalue weighted by molar-refractivity contribution is 5.93. The molecule has 122 valence electrons. The maximum Gasteiger partial charge on any atom is 0.251 e. The molecule has 0 fully saturated rings. The second kappa shape index (κ2) is 7.60. The fourth-order valence-corrected chi connectivity index (χ4v) is 2.37. The van der Waals surface area contributed by atoms with Crippen molar-refractivity contribution >= 4 is 5.91 Å². The number of hydrogen-bond donors (Lipinski definition) is 1. The Morgan fingerprint density at radius 2 is 1.91 bits per heavy atom. The van der Waals surface area contributed by atoms with Crippen LogP contribution in [-0.4, -0.2) is 38.6 Å². The summed E-state index contributed by atoms with van der Waals surface area (Å²) in [6, 6.07) is 10.7. The second-order valence-corrected chi connectivity index (χ2v) is 5.38. The summed E-state index contributed by atoms with van der Waals surface area (Å²) < 4.78 is 6.05. The van der Waals surface area contributed by atoms with E-state index in [1.165, 1.54) is 24.5 Å². The van der Waals surface area contributed by atoms with Crippen LogP contribution < -0.4 is 14.8 Å². The van der Waals surface area contributed by atoms with Crippen molar-refractivity contribution in [2.24, 2.45) is 0 Å². The number of aromatic nitrogens is 1. The maximum absolute atomic E-state index is 12.2. The molecule has 6 heteroatoms. The largest absolute Gasteiger partial charge is 0.619 e. The first kappa shape index (κ1) is 16.8. The zero-order chi connectivity index (χ0) is 16.8. The van der Waals surface area contributed by atoms with E-state index in [0.29, 0.717) is 16.8 Å². The number of benzene rings is 1. The van der Waals surface area contributed by atoms with Gasteiger partial charge in [0.25, 0.3) is 5.91 Å². The highest BCUT2D eigenvalue weighted by Crippen LogP contribution is 2.27. The summed E-state index contributed by atoms with van der Waals surface area (Å²) in [7, 11) is 5.53. The summed E-state index contributed by atoms with van der Waals surface area (Å²) in [5.74, 6) is 0.569. The van der Waals surface area contributed by atoms with E-state index in [2.05, 4.69) is 5.32 Å². The average molecular weight is 315 g/mol. The summed E-state index contributed by atoms with van der Waals surface area (Å²) in [6.07, 6.45) is 2.61. The number of nitrogens with one attached hydrogen (secondary N) is 1. The SMILES string of the molecule is COc1ccccc1C(CNC(=O)c1cc[n+]([O-])cc1)N(C)C. The monoisotopic (exact) mass is 315 g/mol. The van der Waals surface area contributed by atoms with Gasteiger partial charge in [-0.1, -0.05) is 18.2 Å². The van der Waals surface area contributed by atoms with Crippen LogP contribution in [0.25, 0.3) is 0 Å². The van der Waals surface area contributed by atoms with E-state index < -0.39 is 0 Å². The Labute approximate surface area is 135 Å². The van der Waals surface area contributed by atoms with Crippen LogP contribution in [-0.2, 0) is 0 Å². The number of hydrogen-bond acceptors (Lipinski definition) is 4. The summed E-state index contributed by atoms with van der Waals surface area (Å²) in [5, 5.41) is 13.9. The van der Waals surface area contributed by atoms with Crippen molar-refractivity contribution in [1.29, 1.82) is 0 Å². The Kier molecular flexibility index (Phi) is 5.54. The van der Waals surface area contributed by atoms with Crippen LogP contribution >= 0.6 is 0 Å². The van der Waals surface area contributed by atoms with Crippen molar-refractivity contribution < 1.29 is 14.3 Å². The number of carbonyl (C=O) groups is 1. The maximum atomic E-state index is 12.2. The van der Waals surface area contributed by atoms with E-state index in [0.717, 1.165) is 11.3 Å². The predicted octanol–water partition coefficient (Wildman–Crippen LogP) is 1.36. The minimum Gasteiger partial charge on any atom is -0.619 e. The fourth-order valence-electron chi connectivity index (χ4n) is 2.37. The minimum atomic E-state index is -0.215. The van der Waals surface area contributed by atoms with Gasteiger partial charge in [-0.2, -0.15) is 4.73 Å². The van der Waals surface area contributed by atoms with Gasteiger partial charge in [-0.25, -0.2) is 0 Å². The van der Waals surface area contributed by atoms with Crippen LogP contribution in [0.15, 0.2) is 48.8 Å². The lowest BCUT2D eigenvalue weighted by Crippen LogP contribution is -2.35. The van der Waals surface area contributed by atoms with Crippen molar-refractivity contribution in [3.05, 3.63) is 65.1 Å². The van der Waals surface area contributed by atoms with Crippen LogP contribution in [0.3, 0.4) is 0 Å². The number of nitrogens with zero attached hydrogens (tertiary/aromatic N) is 2. The number of amides is 1. The first-order chi connectivity index (χ1) is 11.0. The second-order valence-electron chi connectivity index (χ2n) is 5.38. The van der Waals surface area contributed by atoms with Gasteiger partial charge in [0.05, 0.1) is 18.7 Å². The molecule has 1 aromatic carbocycles. The normalized spacial score (nSPS) is 12.0. The molecule has 1 amide bonds. The van der Waals surface area contributed by atoms with E-state index >= 15 is 0 Å². The number of pyridine rings is 1. The van der Waals surface area contributed by atoms with Crippen molar-refractivity contribution in [1.82, 2.24) is 10.2 Å². The molecule has 6 nitrogen and oxygen atoms in total. The lowest BCUT2D eigenvalue weighted by Gasteiger charge is -2.26. The van der Waals surface area contributed by atoms with E-state index in [1.54, 1.807) is 7.11 Å². The number of rotatable bonds is 6. The Bertz CT molecular complexity index is 656. The molecule has 1 unspecified atom stereocenters. The van der Waals surface area contributed by atoms with Crippen LogP contribution in [0.1, 0.15) is 22.0 Å². The molecule has 1 aromatic heterocycles. The van der Waals surface area contributed by atoms with Crippen LogP contribution in [0.4, 0.5) is 0 Å². The van der Waals surface area contributed by atoms with Crippen LogP contribution in [0.2, 0.25) is 0 Å². The first-order valence-electron chi connectivity index (χ1n) is 7.29. The highest BCUT2D eigenvalue weighted by Gasteiger charge is 2.19. The fraction of sp³-hybridized carbons (Fsp3) is 0.294. The third-order valence-electron chi connectivity index (χ3n) is 3.64. The zero-order valence-corrected chi connectivity index (χ0v) is 13.5. The third-order valence-corrected chi connectivity index (χ3v) is 3.64. The van der Waals surface area contributed by atoms with Gasteiger partial charge < -0.3 is 20.2 Å². The van der Waals surface area contributed by atoms with E-state index in [-0.39, 0.29) is 11.9 Å². The molecule has 0 saturated heterocycles. The van der Waals surface area contributed by atoms with Gasteiger partial charge in [-0.3, -0.25) is 4.79 Å². The molecule has 1 atom stereocenters. The molecule has 0 bridgehead atoms. The summed E-state index contributed by atoms with van der Waals surface area (Å²) in [4.78, 5) is 14.2. The lowest BCUT2D eigenvalue weighted by molar-refractivity contribution is -0.605. The van der Waals surface area contributed by atoms with E-state index in [9.17, 15) is 10.0 Å². The number of para-hydroxylation sites is 1. The molecule has 0 radical (unpaired) electrons. The van der Waals surface area contributed by atoms with E-state index in [1.807, 2.05) is 43.3 Å². The molecule has 2 rings (SSSR count). The van der Waals surface area contributed by atoms with Crippen molar-refractivity contribution in [2.75, 3.05) is 27.7 Å². The molecule has 0 saturated carbocycles. The molecule has 0 aliphatic heterocycles. The lowest BCUT2D eigenvalue weighted by atomic mass is 10.0. The average Bonchev–Trinajstić information content (AvgIpc) is 2.55. The Morgan fingerprint density at radius 3 is 2.52 bits per heavy atom. The Morgan fingerprint density at radius 1 is 1.26 bits per heavy atom. The minimum absolute atomic E-state index is 0.0248. The summed E-state index contributed by atoms with van der Waals surface area (Å²) in [5.41, 5.74) is 1.46. The molecule has 1 heterocycles. The van der Waals surface area contributed by atoms with Gasteiger partial charge >= 0.3 is 0 Å². The molecule has 0 aliphatic rings. The smallest absolute Gasteiger partial charge is 0.251 e. The van der Waals surface area contributed by atoms with Gasteiger partial charge in [-0.05, 0) is 20.2 Å². The topological polar surface area (TPSA) is 68.5 Å². The third kappa shape index (κ3) is 4.20. The molecular weight excluding hydrogens is 294 g/mol. The van der Waals surface area contributed by atoms with Gasteiger partial charge in [-0.15, -0.1) is 0 Å². The molecule has 0 spiro atoms. The van der Waals surface area contributed by atoms with E-state index in [4.69, 9.17) is 4.74 Å². The summed E-state index contributed by atoms with van der Waals surface area (Å²) in [6.45, 7) is 0.429. The molecule has 0 aliphatic carbocycles. The highest BCUT2D eigenvalue weighted by atomic mass is 16.5. The molecule has 23 heavy (non-hydrogen) atoms. The zero-order valence-electron chi connectivity index (χ0n) is 13.5. The molecule has 2 aromatic rings. The van der Waals surface area contributed by atoms with Crippen molar-refractivity contribution in [3.63, 3.8) is 0 Å². The van der Waals surface area contributed by atoms with Gasteiger partial charge in [0.2, 0.25) is 0 Å². The quantitative estimate of drug-likeness (QED) is 0.645. The first-order valence-corrected chi connectivity index (χ1v) is 7.29. The number of methoxy groups -OCH3 is 1. The summed E-state index contributed by atoms with van der Waals surface area (Å²) >= 11 is 0. The Balaban J connectivity index is 2.11. The van der Waals surface area contributed by atoms with Gasteiger partial charge in [0.15, 0.2) is 12.4 Å². The van der Waals surface area contributed by atoms with Crippen LogP contribution in [0.5, 0.6) is 5.75 Å². The predicted molar refractivity (Wildman–Crippen MR) is 87.2 cm³/mol.